The summed E-state index contributed by atoms with van der Waals surface area (Å²) in [4.78, 5) is 25.3. The van der Waals surface area contributed by atoms with Gasteiger partial charge in [0.1, 0.15) is 0 Å². The molecule has 1 amide bonds. The second-order valence-electron chi connectivity index (χ2n) is 5.60. The van der Waals surface area contributed by atoms with Gasteiger partial charge in [0.2, 0.25) is 5.91 Å². The number of aryl methyl sites for hydroxylation is 2. The summed E-state index contributed by atoms with van der Waals surface area (Å²) in [7, 11) is 0. The molecule has 5 heteroatoms. The second kappa shape index (κ2) is 6.56. The molecule has 1 aliphatic heterocycles. The summed E-state index contributed by atoms with van der Waals surface area (Å²) in [6, 6.07) is 11.4. The van der Waals surface area contributed by atoms with E-state index < -0.39 is 0 Å². The van der Waals surface area contributed by atoms with Crippen LogP contribution in [0.15, 0.2) is 41.2 Å². The Morgan fingerprint density at radius 2 is 2.00 bits per heavy atom. The van der Waals surface area contributed by atoms with Crippen LogP contribution in [0, 0.1) is 0 Å². The number of rotatable bonds is 3. The third-order valence-corrected chi connectivity index (χ3v) is 4.04. The van der Waals surface area contributed by atoms with Crippen LogP contribution in [-0.2, 0) is 24.2 Å². The van der Waals surface area contributed by atoms with E-state index in [4.69, 9.17) is 0 Å². The van der Waals surface area contributed by atoms with Gasteiger partial charge in [-0.25, -0.2) is 5.10 Å². The zero-order valence-electron chi connectivity index (χ0n) is 12.4. The highest BCUT2D eigenvalue weighted by Gasteiger charge is 2.18. The fourth-order valence-electron chi connectivity index (χ4n) is 2.82. The first-order valence-electron chi connectivity index (χ1n) is 7.61. The van der Waals surface area contributed by atoms with Crippen LogP contribution in [0.2, 0.25) is 0 Å². The normalized spacial score (nSPS) is 14.3. The summed E-state index contributed by atoms with van der Waals surface area (Å²) < 4.78 is 0. The molecule has 114 valence electrons. The van der Waals surface area contributed by atoms with Gasteiger partial charge >= 0.3 is 0 Å². The Morgan fingerprint density at radius 3 is 2.77 bits per heavy atom. The van der Waals surface area contributed by atoms with Gasteiger partial charge in [-0.15, -0.1) is 0 Å². The molecule has 5 nitrogen and oxygen atoms in total. The van der Waals surface area contributed by atoms with Gasteiger partial charge in [-0.1, -0.05) is 24.3 Å². The molecule has 3 rings (SSSR count). The van der Waals surface area contributed by atoms with Crippen LogP contribution in [0.1, 0.15) is 29.7 Å². The van der Waals surface area contributed by atoms with Gasteiger partial charge in [0.15, 0.2) is 0 Å². The van der Waals surface area contributed by atoms with Gasteiger partial charge in [0.25, 0.3) is 5.56 Å². The lowest BCUT2D eigenvalue weighted by atomic mass is 10.0. The maximum Gasteiger partial charge on any atom is 0.264 e. The second-order valence-corrected chi connectivity index (χ2v) is 5.60. The zero-order chi connectivity index (χ0) is 15.4. The minimum atomic E-state index is -0.223. The lowest BCUT2D eigenvalue weighted by Gasteiger charge is -2.20. The highest BCUT2D eigenvalue weighted by molar-refractivity contribution is 5.76. The van der Waals surface area contributed by atoms with Crippen LogP contribution in [-0.4, -0.2) is 27.5 Å². The van der Waals surface area contributed by atoms with Gasteiger partial charge in [-0.3, -0.25) is 9.59 Å². The first kappa shape index (κ1) is 14.5. The van der Waals surface area contributed by atoms with Crippen molar-refractivity contribution in [1.29, 1.82) is 0 Å². The predicted octanol–water partition coefficient (Wildman–Crippen LogP) is 1.68. The monoisotopic (exact) mass is 297 g/mol. The Labute approximate surface area is 129 Å². The van der Waals surface area contributed by atoms with E-state index in [0.29, 0.717) is 19.4 Å². The lowest BCUT2D eigenvalue weighted by Crippen LogP contribution is -2.31. The molecule has 0 saturated carbocycles. The van der Waals surface area contributed by atoms with Gasteiger partial charge in [0, 0.05) is 32.0 Å². The Balaban J connectivity index is 1.62. The predicted molar refractivity (Wildman–Crippen MR) is 83.4 cm³/mol. The molecule has 1 aromatic heterocycles. The minimum Gasteiger partial charge on any atom is -0.338 e. The van der Waals surface area contributed by atoms with Gasteiger partial charge in [-0.05, 0) is 30.0 Å². The molecular formula is C17H19N3O2. The molecule has 1 N–H and O–H groups in total. The van der Waals surface area contributed by atoms with Gasteiger partial charge in [-0.2, -0.15) is 5.10 Å². The number of carbonyl (C=O) groups is 1. The first-order valence-corrected chi connectivity index (χ1v) is 7.61. The van der Waals surface area contributed by atoms with E-state index in [1.807, 2.05) is 11.0 Å². The van der Waals surface area contributed by atoms with E-state index in [9.17, 15) is 9.59 Å². The third kappa shape index (κ3) is 3.42. The molecule has 2 aromatic rings. The number of aromatic nitrogens is 2. The Kier molecular flexibility index (Phi) is 4.32. The van der Waals surface area contributed by atoms with E-state index in [-0.39, 0.29) is 11.5 Å². The van der Waals surface area contributed by atoms with E-state index in [1.54, 1.807) is 6.07 Å². The Morgan fingerprint density at radius 1 is 1.18 bits per heavy atom. The van der Waals surface area contributed by atoms with Crippen molar-refractivity contribution < 1.29 is 4.79 Å². The largest absolute Gasteiger partial charge is 0.338 e. The Bertz CT molecular complexity index is 703. The molecule has 0 aliphatic carbocycles. The molecule has 0 atom stereocenters. The quantitative estimate of drug-likeness (QED) is 0.937. The Hall–Kier alpha value is -2.43. The number of H-pyrrole nitrogens is 1. The number of nitrogens with one attached hydrogen (secondary N) is 1. The molecule has 0 bridgehead atoms. The topological polar surface area (TPSA) is 66.1 Å². The molecule has 0 spiro atoms. The summed E-state index contributed by atoms with van der Waals surface area (Å²) in [6.07, 6.45) is 3.00. The van der Waals surface area contributed by atoms with Crippen LogP contribution in [0.4, 0.5) is 0 Å². The van der Waals surface area contributed by atoms with E-state index in [1.165, 1.54) is 17.2 Å². The highest BCUT2D eigenvalue weighted by Crippen LogP contribution is 2.19. The average Bonchev–Trinajstić information content (AvgIpc) is 2.76. The van der Waals surface area contributed by atoms with E-state index in [2.05, 4.69) is 28.4 Å². The molecule has 1 aliphatic rings. The van der Waals surface area contributed by atoms with Crippen LogP contribution in [0.25, 0.3) is 0 Å². The molecular weight excluding hydrogens is 278 g/mol. The summed E-state index contributed by atoms with van der Waals surface area (Å²) in [5, 5.41) is 6.34. The lowest BCUT2D eigenvalue weighted by molar-refractivity contribution is -0.131. The number of carbonyl (C=O) groups excluding carboxylic acids is 1. The first-order chi connectivity index (χ1) is 10.7. The van der Waals surface area contributed by atoms with Gasteiger partial charge in [0.05, 0.1) is 5.69 Å². The summed E-state index contributed by atoms with van der Waals surface area (Å²) >= 11 is 0. The highest BCUT2D eigenvalue weighted by atomic mass is 16.2. The number of aromatic amines is 1. The number of hydrogen-bond acceptors (Lipinski definition) is 3. The van der Waals surface area contributed by atoms with Crippen LogP contribution >= 0.6 is 0 Å². The van der Waals surface area contributed by atoms with Crippen molar-refractivity contribution in [3.05, 3.63) is 63.6 Å². The summed E-state index contributed by atoms with van der Waals surface area (Å²) in [5.74, 6) is 0.143. The minimum absolute atomic E-state index is 0.143. The summed E-state index contributed by atoms with van der Waals surface area (Å²) in [6.45, 7) is 1.49. The molecule has 1 aromatic carbocycles. The van der Waals surface area contributed by atoms with Crippen molar-refractivity contribution in [2.24, 2.45) is 0 Å². The molecule has 2 heterocycles. The smallest absolute Gasteiger partial charge is 0.264 e. The van der Waals surface area contributed by atoms with Crippen molar-refractivity contribution in [3.63, 3.8) is 0 Å². The van der Waals surface area contributed by atoms with Crippen LogP contribution < -0.4 is 5.56 Å². The third-order valence-electron chi connectivity index (χ3n) is 4.04. The molecule has 22 heavy (non-hydrogen) atoms. The zero-order valence-corrected chi connectivity index (χ0v) is 12.4. The van der Waals surface area contributed by atoms with Crippen LogP contribution in [0.5, 0.6) is 0 Å². The van der Waals surface area contributed by atoms with Crippen LogP contribution in [0.3, 0.4) is 0 Å². The fourth-order valence-corrected chi connectivity index (χ4v) is 2.82. The number of amides is 1. The van der Waals surface area contributed by atoms with Crippen molar-refractivity contribution >= 4 is 5.91 Å². The van der Waals surface area contributed by atoms with Gasteiger partial charge < -0.3 is 4.90 Å². The van der Waals surface area contributed by atoms with Crippen molar-refractivity contribution in [1.82, 2.24) is 15.1 Å². The van der Waals surface area contributed by atoms with Crippen molar-refractivity contribution in [2.75, 3.05) is 6.54 Å². The average molecular weight is 297 g/mol. The number of nitrogens with zero attached hydrogens (tertiary/aromatic N) is 2. The SMILES string of the molecule is O=C(CCc1ccc(=O)[nH]n1)N1CCCc2ccccc2C1. The number of hydrogen-bond donors (Lipinski definition) is 1. The van der Waals surface area contributed by atoms with Crippen molar-refractivity contribution in [3.8, 4) is 0 Å². The van der Waals surface area contributed by atoms with E-state index in [0.717, 1.165) is 25.1 Å². The molecule has 0 saturated heterocycles. The molecule has 0 unspecified atom stereocenters. The summed E-state index contributed by atoms with van der Waals surface area (Å²) in [5.41, 5.74) is 3.11. The molecule has 0 radical (unpaired) electrons. The van der Waals surface area contributed by atoms with E-state index >= 15 is 0 Å². The number of benzene rings is 1. The number of fused-ring (bicyclic) bond motifs is 1. The maximum atomic E-state index is 12.4. The maximum absolute atomic E-state index is 12.4. The standard InChI is InChI=1S/C17H19N3O2/c21-16-9-7-15(18-19-16)8-10-17(22)20-11-3-6-13-4-1-2-5-14(13)12-20/h1-2,4-5,7,9H,3,6,8,10-12H2,(H,19,21). The van der Waals surface area contributed by atoms with Crippen molar-refractivity contribution in [2.45, 2.75) is 32.2 Å². The molecule has 0 fully saturated rings. The fraction of sp³-hybridized carbons (Fsp3) is 0.353.